The van der Waals surface area contributed by atoms with Gasteiger partial charge in [0.05, 0.1) is 6.54 Å². The van der Waals surface area contributed by atoms with Crippen LogP contribution in [0, 0.1) is 11.8 Å². The molecule has 0 aromatic heterocycles. The van der Waals surface area contributed by atoms with Crippen LogP contribution in [0.5, 0.6) is 0 Å². The Labute approximate surface area is 125 Å². The predicted octanol–water partition coefficient (Wildman–Crippen LogP) is 2.22. The van der Waals surface area contributed by atoms with Gasteiger partial charge in [-0.2, -0.15) is 0 Å². The number of likely N-dealkylation sites (tertiary alicyclic amines) is 1. The molecule has 1 aliphatic carbocycles. The summed E-state index contributed by atoms with van der Waals surface area (Å²) in [7, 11) is 2.05. The van der Waals surface area contributed by atoms with Crippen LogP contribution >= 0.6 is 0 Å². The summed E-state index contributed by atoms with van der Waals surface area (Å²) < 4.78 is 14.3. The first kappa shape index (κ1) is 14.5. The summed E-state index contributed by atoms with van der Waals surface area (Å²) in [5, 5.41) is 0. The Bertz CT molecular complexity index is 496. The fourth-order valence-electron chi connectivity index (χ4n) is 3.37. The van der Waals surface area contributed by atoms with Gasteiger partial charge in [0.2, 0.25) is 0 Å². The molecule has 0 spiro atoms. The third kappa shape index (κ3) is 2.97. The van der Waals surface area contributed by atoms with E-state index in [1.807, 2.05) is 7.05 Å². The molecule has 0 aromatic rings. The second-order valence-electron chi connectivity index (χ2n) is 6.52. The van der Waals surface area contributed by atoms with Gasteiger partial charge in [0.1, 0.15) is 5.84 Å². The Morgan fingerprint density at radius 1 is 1.29 bits per heavy atom. The van der Waals surface area contributed by atoms with Crippen LogP contribution in [0.1, 0.15) is 32.6 Å². The van der Waals surface area contributed by atoms with Crippen LogP contribution < -0.4 is 0 Å². The molecule has 2 aliphatic heterocycles. The molecule has 1 saturated heterocycles. The fourth-order valence-corrected chi connectivity index (χ4v) is 3.37. The van der Waals surface area contributed by atoms with E-state index in [1.54, 1.807) is 11.8 Å². The van der Waals surface area contributed by atoms with E-state index in [0.29, 0.717) is 24.6 Å². The zero-order valence-electron chi connectivity index (χ0n) is 12.9. The summed E-state index contributed by atoms with van der Waals surface area (Å²) in [5.41, 5.74) is 0.650. The van der Waals surface area contributed by atoms with Crippen LogP contribution in [0.2, 0.25) is 0 Å². The molecule has 1 saturated carbocycles. The van der Waals surface area contributed by atoms with Crippen LogP contribution in [-0.4, -0.2) is 54.8 Å². The van der Waals surface area contributed by atoms with E-state index in [4.69, 9.17) is 0 Å². The Morgan fingerprint density at radius 2 is 2.05 bits per heavy atom. The van der Waals surface area contributed by atoms with Crippen molar-refractivity contribution in [2.75, 3.05) is 33.2 Å². The van der Waals surface area contributed by atoms with Gasteiger partial charge in [-0.15, -0.1) is 0 Å². The van der Waals surface area contributed by atoms with Crippen molar-refractivity contribution in [3.63, 3.8) is 0 Å². The van der Waals surface area contributed by atoms with Crippen molar-refractivity contribution in [1.29, 1.82) is 0 Å². The predicted molar refractivity (Wildman–Crippen MR) is 80.8 cm³/mol. The number of hydrogen-bond donors (Lipinski definition) is 0. The fraction of sp³-hybridized carbons (Fsp3) is 0.750. The minimum Gasteiger partial charge on any atom is -0.361 e. The lowest BCUT2D eigenvalue weighted by molar-refractivity contribution is -0.130. The number of piperidine rings is 1. The molecule has 3 aliphatic rings. The number of hydrogen-bond acceptors (Lipinski definition) is 3. The van der Waals surface area contributed by atoms with Gasteiger partial charge in [0.15, 0.2) is 5.83 Å². The molecule has 1 unspecified atom stereocenters. The minimum atomic E-state index is -0.514. The topological polar surface area (TPSA) is 35.9 Å². The van der Waals surface area contributed by atoms with Gasteiger partial charge in [-0.25, -0.2) is 4.39 Å². The Kier molecular flexibility index (Phi) is 4.00. The zero-order valence-corrected chi connectivity index (χ0v) is 12.9. The quantitative estimate of drug-likeness (QED) is 0.748. The largest absolute Gasteiger partial charge is 0.361 e. The highest BCUT2D eigenvalue weighted by molar-refractivity contribution is 5.93. The van der Waals surface area contributed by atoms with Crippen molar-refractivity contribution < 1.29 is 9.18 Å². The van der Waals surface area contributed by atoms with Gasteiger partial charge >= 0.3 is 0 Å². The molecule has 1 atom stereocenters. The molecular formula is C16H24FN3O. The molecular weight excluding hydrogens is 269 g/mol. The van der Waals surface area contributed by atoms with Gasteiger partial charge in [-0.05, 0) is 44.1 Å². The molecule has 0 radical (unpaired) electrons. The minimum absolute atomic E-state index is 0.268. The Balaban J connectivity index is 1.68. The van der Waals surface area contributed by atoms with Gasteiger partial charge in [-0.1, -0.05) is 0 Å². The lowest BCUT2D eigenvalue weighted by Gasteiger charge is -2.34. The number of rotatable bonds is 3. The maximum Gasteiger partial charge on any atom is 0.282 e. The maximum atomic E-state index is 14.3. The third-order valence-electron chi connectivity index (χ3n) is 4.90. The second-order valence-corrected chi connectivity index (χ2v) is 6.52. The molecule has 5 heteroatoms. The molecule has 4 nitrogen and oxygen atoms in total. The highest BCUT2D eigenvalue weighted by Crippen LogP contribution is 2.38. The number of halogens is 1. The highest BCUT2D eigenvalue weighted by Gasteiger charge is 2.34. The number of amides is 1. The summed E-state index contributed by atoms with van der Waals surface area (Å²) in [5.74, 6) is 0.741. The van der Waals surface area contributed by atoms with E-state index < -0.39 is 11.7 Å². The van der Waals surface area contributed by atoms with Crippen molar-refractivity contribution in [2.24, 2.45) is 16.8 Å². The maximum absolute atomic E-state index is 14.3. The molecule has 0 aromatic carbocycles. The molecule has 3 rings (SSSR count). The standard InChI is InChI=1S/C16H24FN3O/c1-11(12-5-6-12)14(17)16(21)20-8-3-4-13(10-20)15-18-7-9-19(15)2/h12-13H,3-10H2,1-2H3/b14-11-. The lowest BCUT2D eigenvalue weighted by atomic mass is 9.96. The van der Waals surface area contributed by atoms with Crippen LogP contribution in [0.15, 0.2) is 16.4 Å². The highest BCUT2D eigenvalue weighted by atomic mass is 19.1. The number of nitrogens with zero attached hydrogens (tertiary/aromatic N) is 3. The summed E-state index contributed by atoms with van der Waals surface area (Å²) in [6.45, 7) is 4.83. The first-order valence-electron chi connectivity index (χ1n) is 7.99. The molecule has 1 amide bonds. The third-order valence-corrected chi connectivity index (χ3v) is 4.90. The molecule has 21 heavy (non-hydrogen) atoms. The number of amidine groups is 1. The van der Waals surface area contributed by atoms with Crippen molar-refractivity contribution in [2.45, 2.75) is 32.6 Å². The van der Waals surface area contributed by atoms with Crippen molar-refractivity contribution in [1.82, 2.24) is 9.80 Å². The molecule has 116 valence electrons. The zero-order chi connectivity index (χ0) is 15.0. The number of aliphatic imine (C=N–C) groups is 1. The van der Waals surface area contributed by atoms with Crippen LogP contribution in [0.25, 0.3) is 0 Å². The van der Waals surface area contributed by atoms with Gasteiger partial charge in [-0.3, -0.25) is 9.79 Å². The second kappa shape index (κ2) is 5.78. The first-order chi connectivity index (χ1) is 10.1. The van der Waals surface area contributed by atoms with E-state index in [9.17, 15) is 9.18 Å². The van der Waals surface area contributed by atoms with Crippen molar-refractivity contribution in [3.05, 3.63) is 11.4 Å². The summed E-state index contributed by atoms with van der Waals surface area (Å²) >= 11 is 0. The molecule has 0 N–H and O–H groups in total. The first-order valence-corrected chi connectivity index (χ1v) is 7.99. The van der Waals surface area contributed by atoms with E-state index >= 15 is 0 Å². The van der Waals surface area contributed by atoms with Crippen LogP contribution in [0.3, 0.4) is 0 Å². The smallest absolute Gasteiger partial charge is 0.282 e. The number of likely N-dealkylation sites (N-methyl/N-ethyl adjacent to an activating group) is 1. The monoisotopic (exact) mass is 293 g/mol. The van der Waals surface area contributed by atoms with Gasteiger partial charge < -0.3 is 9.80 Å². The average molecular weight is 293 g/mol. The lowest BCUT2D eigenvalue weighted by Crippen LogP contribution is -2.45. The summed E-state index contributed by atoms with van der Waals surface area (Å²) in [6.07, 6.45) is 4.02. The van der Waals surface area contributed by atoms with Crippen molar-refractivity contribution >= 4 is 11.7 Å². The SMILES string of the molecule is C/C(=C(/F)C(=O)N1CCCC(C2=NCCN2C)C1)C1CC1. The van der Waals surface area contributed by atoms with E-state index in [1.165, 1.54) is 0 Å². The van der Waals surface area contributed by atoms with Crippen LogP contribution in [-0.2, 0) is 4.79 Å². The Hall–Kier alpha value is -1.39. The molecule has 2 heterocycles. The number of carbonyl (C=O) groups excluding carboxylic acids is 1. The molecule has 0 bridgehead atoms. The van der Waals surface area contributed by atoms with Crippen LogP contribution in [0.4, 0.5) is 4.39 Å². The van der Waals surface area contributed by atoms with Crippen molar-refractivity contribution in [3.8, 4) is 0 Å². The van der Waals surface area contributed by atoms with E-state index in [0.717, 1.165) is 44.6 Å². The van der Waals surface area contributed by atoms with Gasteiger partial charge in [0, 0.05) is 32.6 Å². The summed E-state index contributed by atoms with van der Waals surface area (Å²) in [6, 6.07) is 0. The number of allylic oxidation sites excluding steroid dienone is 1. The summed E-state index contributed by atoms with van der Waals surface area (Å²) in [4.78, 5) is 20.8. The Morgan fingerprint density at radius 3 is 2.67 bits per heavy atom. The van der Waals surface area contributed by atoms with E-state index in [2.05, 4.69) is 9.89 Å². The normalized spacial score (nSPS) is 27.6. The average Bonchev–Trinajstić information content (AvgIpc) is 3.27. The van der Waals surface area contributed by atoms with E-state index in [-0.39, 0.29) is 5.92 Å². The number of carbonyl (C=O) groups is 1. The molecule has 2 fully saturated rings. The van der Waals surface area contributed by atoms with Gasteiger partial charge in [0.25, 0.3) is 5.91 Å².